The van der Waals surface area contributed by atoms with Gasteiger partial charge >= 0.3 is 0 Å². The van der Waals surface area contributed by atoms with Gasteiger partial charge in [0.2, 0.25) is 0 Å². The van der Waals surface area contributed by atoms with Crippen LogP contribution >= 0.6 is 0 Å². The van der Waals surface area contributed by atoms with Crippen molar-refractivity contribution >= 4 is 21.4 Å². The Labute approximate surface area is 133 Å². The number of benzene rings is 1. The first kappa shape index (κ1) is 15.7. The third kappa shape index (κ3) is 3.12. The van der Waals surface area contributed by atoms with E-state index in [1.165, 1.54) is 24.4 Å². The number of nitrogens with zero attached hydrogens (tertiary/aromatic N) is 2. The number of para-hydroxylation sites is 1. The van der Waals surface area contributed by atoms with Crippen molar-refractivity contribution in [1.82, 2.24) is 9.78 Å². The van der Waals surface area contributed by atoms with Crippen LogP contribution in [0.2, 0.25) is 0 Å². The van der Waals surface area contributed by atoms with Crippen molar-refractivity contribution in [3.05, 3.63) is 47.5 Å². The fourth-order valence-electron chi connectivity index (χ4n) is 2.73. The molecule has 1 atom stereocenters. The van der Waals surface area contributed by atoms with Gasteiger partial charge in [-0.15, -0.1) is 0 Å². The molecule has 8 heteroatoms. The molecular formula is C15H16FN3O3S. The molecule has 0 bridgehead atoms. The molecule has 2 aromatic rings. The van der Waals surface area contributed by atoms with Crippen molar-refractivity contribution in [3.63, 3.8) is 0 Å². The molecule has 3 rings (SSSR count). The number of anilines is 1. The number of carbonyl (C=O) groups is 1. The van der Waals surface area contributed by atoms with Gasteiger partial charge in [-0.05, 0) is 25.5 Å². The molecule has 2 heterocycles. The van der Waals surface area contributed by atoms with Gasteiger partial charge in [0.25, 0.3) is 5.91 Å². The first-order valence-corrected chi connectivity index (χ1v) is 9.00. The van der Waals surface area contributed by atoms with E-state index >= 15 is 0 Å². The van der Waals surface area contributed by atoms with Gasteiger partial charge < -0.3 is 5.32 Å². The molecule has 1 aromatic heterocycles. The SMILES string of the molecule is Cc1c(C(=O)Nc2ccccc2F)cnn1C1CCS(=O)(=O)C1. The molecule has 6 nitrogen and oxygen atoms in total. The van der Waals surface area contributed by atoms with Gasteiger partial charge in [-0.25, -0.2) is 12.8 Å². The molecular weight excluding hydrogens is 321 g/mol. The zero-order valence-electron chi connectivity index (χ0n) is 12.5. The Bertz CT molecular complexity index is 861. The minimum absolute atomic E-state index is 0.0316. The summed E-state index contributed by atoms with van der Waals surface area (Å²) >= 11 is 0. The lowest BCUT2D eigenvalue weighted by Gasteiger charge is -2.11. The van der Waals surface area contributed by atoms with Crippen molar-refractivity contribution in [1.29, 1.82) is 0 Å². The number of halogens is 1. The fourth-order valence-corrected chi connectivity index (χ4v) is 4.43. The number of amides is 1. The maximum Gasteiger partial charge on any atom is 0.259 e. The van der Waals surface area contributed by atoms with Crippen molar-refractivity contribution in [2.45, 2.75) is 19.4 Å². The molecule has 0 aliphatic carbocycles. The number of carbonyl (C=O) groups excluding carboxylic acids is 1. The second kappa shape index (κ2) is 5.77. The zero-order chi connectivity index (χ0) is 16.6. The standard InChI is InChI=1S/C15H16FN3O3S/c1-10-12(15(20)18-14-5-3-2-4-13(14)16)8-17-19(10)11-6-7-23(21,22)9-11/h2-5,8,11H,6-7,9H2,1H3,(H,18,20). The van der Waals surface area contributed by atoms with Crippen LogP contribution in [-0.2, 0) is 9.84 Å². The van der Waals surface area contributed by atoms with E-state index in [0.717, 1.165) is 0 Å². The molecule has 23 heavy (non-hydrogen) atoms. The normalized spacial score (nSPS) is 19.7. The highest BCUT2D eigenvalue weighted by Gasteiger charge is 2.31. The van der Waals surface area contributed by atoms with Crippen LogP contribution in [-0.4, -0.2) is 35.6 Å². The van der Waals surface area contributed by atoms with Gasteiger partial charge in [-0.1, -0.05) is 12.1 Å². The van der Waals surface area contributed by atoms with Crippen molar-refractivity contribution in [2.75, 3.05) is 16.8 Å². The monoisotopic (exact) mass is 337 g/mol. The highest BCUT2D eigenvalue weighted by atomic mass is 32.2. The Morgan fingerprint density at radius 2 is 2.13 bits per heavy atom. The summed E-state index contributed by atoms with van der Waals surface area (Å²) in [5, 5.41) is 6.65. The van der Waals surface area contributed by atoms with Crippen LogP contribution in [0, 0.1) is 12.7 Å². The largest absolute Gasteiger partial charge is 0.319 e. The van der Waals surface area contributed by atoms with Gasteiger partial charge in [0, 0.05) is 5.69 Å². The van der Waals surface area contributed by atoms with Crippen LogP contribution < -0.4 is 5.32 Å². The predicted molar refractivity (Wildman–Crippen MR) is 83.6 cm³/mol. The average molecular weight is 337 g/mol. The minimum Gasteiger partial charge on any atom is -0.319 e. The van der Waals surface area contributed by atoms with Crippen molar-refractivity contribution < 1.29 is 17.6 Å². The maximum absolute atomic E-state index is 13.6. The fraction of sp³-hybridized carbons (Fsp3) is 0.333. The third-order valence-electron chi connectivity index (χ3n) is 3.97. The summed E-state index contributed by atoms with van der Waals surface area (Å²) in [6.07, 6.45) is 1.87. The van der Waals surface area contributed by atoms with E-state index < -0.39 is 21.6 Å². The highest BCUT2D eigenvalue weighted by molar-refractivity contribution is 7.91. The average Bonchev–Trinajstić information content (AvgIpc) is 3.04. The third-order valence-corrected chi connectivity index (χ3v) is 5.72. The summed E-state index contributed by atoms with van der Waals surface area (Å²) in [5.74, 6) is -0.829. The lowest BCUT2D eigenvalue weighted by atomic mass is 10.2. The number of aromatic nitrogens is 2. The maximum atomic E-state index is 13.6. The topological polar surface area (TPSA) is 81.1 Å². The number of sulfone groups is 1. The Balaban J connectivity index is 1.82. The molecule has 1 saturated heterocycles. The summed E-state index contributed by atoms with van der Waals surface area (Å²) in [7, 11) is -3.04. The van der Waals surface area contributed by atoms with E-state index in [0.29, 0.717) is 17.7 Å². The minimum atomic E-state index is -3.04. The summed E-state index contributed by atoms with van der Waals surface area (Å²) in [6, 6.07) is 5.63. The smallest absolute Gasteiger partial charge is 0.259 e. The lowest BCUT2D eigenvalue weighted by Crippen LogP contribution is -2.17. The van der Waals surface area contributed by atoms with Gasteiger partial charge in [0.1, 0.15) is 5.82 Å². The summed E-state index contributed by atoms with van der Waals surface area (Å²) in [5.41, 5.74) is 0.964. The van der Waals surface area contributed by atoms with Crippen LogP contribution in [0.5, 0.6) is 0 Å². The Morgan fingerprint density at radius 1 is 1.39 bits per heavy atom. The molecule has 0 saturated carbocycles. The quantitative estimate of drug-likeness (QED) is 0.928. The van der Waals surface area contributed by atoms with E-state index in [1.54, 1.807) is 17.7 Å². The van der Waals surface area contributed by atoms with Gasteiger partial charge in [0.15, 0.2) is 9.84 Å². The lowest BCUT2D eigenvalue weighted by molar-refractivity contribution is 0.102. The Hall–Kier alpha value is -2.22. The first-order chi connectivity index (χ1) is 10.9. The van der Waals surface area contributed by atoms with E-state index in [-0.39, 0.29) is 23.2 Å². The molecule has 0 radical (unpaired) electrons. The molecule has 1 aliphatic rings. The molecule has 122 valence electrons. The van der Waals surface area contributed by atoms with E-state index in [4.69, 9.17) is 0 Å². The van der Waals surface area contributed by atoms with E-state index in [2.05, 4.69) is 10.4 Å². The van der Waals surface area contributed by atoms with Crippen LogP contribution in [0.1, 0.15) is 28.5 Å². The van der Waals surface area contributed by atoms with E-state index in [1.807, 2.05) is 0 Å². The number of hydrogen-bond donors (Lipinski definition) is 1. The van der Waals surface area contributed by atoms with Crippen LogP contribution in [0.25, 0.3) is 0 Å². The summed E-state index contributed by atoms with van der Waals surface area (Å²) in [4.78, 5) is 12.3. The Kier molecular flexibility index (Phi) is 3.93. The second-order valence-corrected chi connectivity index (χ2v) is 7.81. The molecule has 0 spiro atoms. The van der Waals surface area contributed by atoms with Gasteiger partial charge in [-0.2, -0.15) is 5.10 Å². The number of hydrogen-bond acceptors (Lipinski definition) is 4. The van der Waals surface area contributed by atoms with E-state index in [9.17, 15) is 17.6 Å². The predicted octanol–water partition coefficient (Wildman–Crippen LogP) is 1.94. The second-order valence-electron chi connectivity index (χ2n) is 5.58. The molecule has 1 fully saturated rings. The molecule has 1 aromatic carbocycles. The first-order valence-electron chi connectivity index (χ1n) is 7.18. The van der Waals surface area contributed by atoms with Crippen LogP contribution in [0.3, 0.4) is 0 Å². The van der Waals surface area contributed by atoms with Gasteiger partial charge in [-0.3, -0.25) is 9.48 Å². The molecule has 1 unspecified atom stereocenters. The highest BCUT2D eigenvalue weighted by Crippen LogP contribution is 2.25. The molecule has 1 N–H and O–H groups in total. The summed E-state index contributed by atoms with van der Waals surface area (Å²) in [6.45, 7) is 1.70. The molecule has 1 amide bonds. The van der Waals surface area contributed by atoms with Crippen LogP contribution in [0.15, 0.2) is 30.5 Å². The van der Waals surface area contributed by atoms with Crippen LogP contribution in [0.4, 0.5) is 10.1 Å². The van der Waals surface area contributed by atoms with Crippen molar-refractivity contribution in [2.24, 2.45) is 0 Å². The number of rotatable bonds is 3. The van der Waals surface area contributed by atoms with Gasteiger partial charge in [0.05, 0.1) is 35.0 Å². The molecule has 1 aliphatic heterocycles. The summed E-state index contributed by atoms with van der Waals surface area (Å²) < 4.78 is 38.3. The van der Waals surface area contributed by atoms with Crippen molar-refractivity contribution in [3.8, 4) is 0 Å². The zero-order valence-corrected chi connectivity index (χ0v) is 13.3. The number of nitrogens with one attached hydrogen (secondary N) is 1. The Morgan fingerprint density at radius 3 is 2.78 bits per heavy atom.